The van der Waals surface area contributed by atoms with E-state index in [0.717, 1.165) is 166 Å². The van der Waals surface area contributed by atoms with Crippen LogP contribution in [-0.2, 0) is 59.6 Å². The summed E-state index contributed by atoms with van der Waals surface area (Å²) in [6.45, 7) is 30.9. The average molecular weight is 1780 g/mol. The van der Waals surface area contributed by atoms with Gasteiger partial charge in [-0.15, -0.1) is 0 Å². The highest BCUT2D eigenvalue weighted by molar-refractivity contribution is 5.85. The number of aromatic nitrogens is 9. The van der Waals surface area contributed by atoms with Crippen molar-refractivity contribution < 1.29 is 53.8 Å². The number of methoxy groups -OCH3 is 3. The second-order valence-corrected chi connectivity index (χ2v) is 49.7. The third-order valence-electron chi connectivity index (χ3n) is 43.2. The van der Waals surface area contributed by atoms with Crippen LogP contribution >= 0.6 is 0 Å². The van der Waals surface area contributed by atoms with E-state index in [9.17, 15) is 39.6 Å². The number of carbonyl (C=O) groups is 4. The molecule has 20 heteroatoms. The first-order chi connectivity index (χ1) is 61.2. The van der Waals surface area contributed by atoms with Crippen LogP contribution in [0.3, 0.4) is 0 Å². The van der Waals surface area contributed by atoms with E-state index in [-0.39, 0.29) is 45.3 Å². The summed E-state index contributed by atoms with van der Waals surface area (Å²) >= 11 is 0. The summed E-state index contributed by atoms with van der Waals surface area (Å²) in [6, 6.07) is 10.3. The molecule has 0 spiro atoms. The fourth-order valence-corrected chi connectivity index (χ4v) is 36.5. The van der Waals surface area contributed by atoms with E-state index in [1.165, 1.54) is 140 Å². The summed E-state index contributed by atoms with van der Waals surface area (Å²) < 4.78 is 21.6. The van der Waals surface area contributed by atoms with Crippen molar-refractivity contribution in [2.75, 3.05) is 41.2 Å². The third kappa shape index (κ3) is 16.9. The van der Waals surface area contributed by atoms with Gasteiger partial charge in [-0.05, 0) is 421 Å². The molecule has 0 bridgehead atoms. The Labute approximate surface area is 771 Å². The number of aryl methyl sites for hydroxylation is 3. The quantitative estimate of drug-likeness (QED) is 0.0635. The number of Topliss-reactive ketones (excluding diaryl/α,β-unsaturated/α-hetero) is 4. The van der Waals surface area contributed by atoms with Gasteiger partial charge in [0.25, 0.3) is 0 Å². The van der Waals surface area contributed by atoms with Gasteiger partial charge >= 0.3 is 0 Å². The maximum atomic E-state index is 13.7. The number of aliphatic hydroxyl groups is 4. The standard InChI is InChI=1S/C31H44N2O3.2C27H42N2O3.C24H37N3O2/c1-20-5-6-21-17-33(32-27(21)15-20)18-28(34)26-10-9-24-23-8-7-22-16-31(35,19-36-4)14-13-29(22,2)25(23)11-12-30(24,26)3;2*1-18-10-14-29(28-18)16-24(30)23-8-7-21-20-6-5-19-15-27(31,17-32-4)13-12-25(19,2)22(20)9-11-26(21,23)3;1-22(29)10-11-23(2)16(14-22)4-5-17-18-6-7-20(24(18,3)9-8-19(17)23)21(28)15-27-25-12-13-26-27/h5-6,15,17,22-26,35H,7-14,16,18-19H2,1-4H3;2*10,14,19-23,31H,5-9,11-13,15-17H2,1-4H3;12-13,16-20,29H,4-11,14-15H2,1-3H3/t22-,23-,24-,25-,26+,29-,30-,31+;19-,20-,21-,22-,23+,25-,26-,27+;19-,20-,21-,22-,23-,25-,26-,27+;16-,17-,18-,19-,20+,22+,23-,24-/m0000/s1. The first-order valence-corrected chi connectivity index (χ1v) is 52.0. The van der Waals surface area contributed by atoms with Crippen LogP contribution in [0.2, 0.25) is 0 Å². The number of hydrogen-bond donors (Lipinski definition) is 4. The second kappa shape index (κ2) is 35.3. The molecule has 16 aliphatic carbocycles. The monoisotopic (exact) mass is 1780 g/mol. The minimum atomic E-state index is -0.643. The van der Waals surface area contributed by atoms with E-state index in [2.05, 4.69) is 101 Å². The molecule has 16 saturated carbocycles. The van der Waals surface area contributed by atoms with Crippen LogP contribution in [0.25, 0.3) is 10.9 Å². The molecule has 4 aromatic heterocycles. The predicted octanol–water partition coefficient (Wildman–Crippen LogP) is 19.8. The number of ether oxygens (including phenoxy) is 3. The van der Waals surface area contributed by atoms with Crippen LogP contribution < -0.4 is 0 Å². The summed E-state index contributed by atoms with van der Waals surface area (Å²) in [7, 11) is 5.12. The lowest BCUT2D eigenvalue weighted by Crippen LogP contribution is -2.56. The number of rotatable bonds is 18. The van der Waals surface area contributed by atoms with Gasteiger partial charge in [0, 0.05) is 69.0 Å². The van der Waals surface area contributed by atoms with Crippen LogP contribution in [0.15, 0.2) is 61.3 Å². The molecule has 129 heavy (non-hydrogen) atoms. The van der Waals surface area contributed by atoms with Crippen molar-refractivity contribution in [3.8, 4) is 0 Å². The summed E-state index contributed by atoms with van der Waals surface area (Å²) in [5, 5.41) is 67.0. The second-order valence-electron chi connectivity index (χ2n) is 49.7. The third-order valence-corrected chi connectivity index (χ3v) is 43.2. The van der Waals surface area contributed by atoms with Crippen molar-refractivity contribution in [1.29, 1.82) is 0 Å². The molecule has 0 aliphatic heterocycles. The van der Waals surface area contributed by atoms with E-state index in [1.807, 2.05) is 65.5 Å². The van der Waals surface area contributed by atoms with Gasteiger partial charge in [0.05, 0.1) is 91.2 Å². The normalized spacial score (nSPS) is 45.5. The van der Waals surface area contributed by atoms with E-state index in [0.29, 0.717) is 138 Å². The minimum Gasteiger partial charge on any atom is -0.390 e. The molecule has 20 nitrogen and oxygen atoms in total. The molecule has 1 aromatic carbocycles. The lowest BCUT2D eigenvalue weighted by molar-refractivity contribution is -0.164. The highest BCUT2D eigenvalue weighted by Gasteiger charge is 2.68. The molecule has 16 fully saturated rings. The van der Waals surface area contributed by atoms with Crippen molar-refractivity contribution in [2.45, 2.75) is 363 Å². The molecular weight excluding hydrogens is 1610 g/mol. The molecular formula is C109H165N9O11. The van der Waals surface area contributed by atoms with Crippen LogP contribution in [0.1, 0.15) is 310 Å². The molecule has 0 amide bonds. The molecule has 5 aromatic rings. The van der Waals surface area contributed by atoms with Crippen molar-refractivity contribution in [3.63, 3.8) is 0 Å². The minimum absolute atomic E-state index is 0.121. The van der Waals surface area contributed by atoms with Gasteiger partial charge < -0.3 is 34.6 Å². The molecule has 0 unspecified atom stereocenters. The first kappa shape index (κ1) is 94.0. The zero-order chi connectivity index (χ0) is 91.2. The number of ketones is 4. The van der Waals surface area contributed by atoms with Gasteiger partial charge in [-0.1, -0.05) is 67.5 Å². The number of benzene rings is 1. The molecule has 712 valence electrons. The van der Waals surface area contributed by atoms with Gasteiger partial charge in [0.1, 0.15) is 6.54 Å². The van der Waals surface area contributed by atoms with Crippen molar-refractivity contribution in [2.24, 2.45) is 162 Å². The van der Waals surface area contributed by atoms with Gasteiger partial charge in [-0.2, -0.15) is 30.3 Å². The van der Waals surface area contributed by atoms with Crippen molar-refractivity contribution in [3.05, 3.63) is 78.3 Å². The number of hydrogen-bond acceptors (Lipinski definition) is 16. The number of nitrogens with zero attached hydrogens (tertiary/aromatic N) is 9. The smallest absolute Gasteiger partial charge is 0.159 e. The fourth-order valence-electron chi connectivity index (χ4n) is 36.5. The molecule has 21 rings (SSSR count). The molecule has 4 heterocycles. The zero-order valence-electron chi connectivity index (χ0n) is 81.9. The topological polar surface area (TPSA) is 261 Å². The number of carbonyl (C=O) groups excluding carboxylic acids is 4. The average Bonchev–Trinajstić information content (AvgIpc) is 1.61. The summed E-state index contributed by atoms with van der Waals surface area (Å²) in [6.07, 6.45) is 49.6. The van der Waals surface area contributed by atoms with Crippen LogP contribution in [0.4, 0.5) is 0 Å². The molecule has 0 radical (unpaired) electrons. The summed E-state index contributed by atoms with van der Waals surface area (Å²) in [5.74, 6) is 13.3. The summed E-state index contributed by atoms with van der Waals surface area (Å²) in [5.41, 5.74) is 3.68. The molecule has 0 saturated heterocycles. The summed E-state index contributed by atoms with van der Waals surface area (Å²) in [4.78, 5) is 55.2. The van der Waals surface area contributed by atoms with Crippen LogP contribution in [0.5, 0.6) is 0 Å². The maximum absolute atomic E-state index is 13.7. The molecule has 16 aliphatic rings. The van der Waals surface area contributed by atoms with E-state index in [4.69, 9.17) is 19.3 Å². The molecule has 32 atom stereocenters. The van der Waals surface area contributed by atoms with Crippen LogP contribution in [-0.4, -0.2) is 151 Å². The van der Waals surface area contributed by atoms with Crippen LogP contribution in [0, 0.1) is 182 Å². The zero-order valence-corrected chi connectivity index (χ0v) is 81.9. The Morgan fingerprint density at radius 1 is 0.349 bits per heavy atom. The Hall–Kier alpha value is -5.35. The van der Waals surface area contributed by atoms with E-state index in [1.54, 1.807) is 38.5 Å². The van der Waals surface area contributed by atoms with Gasteiger partial charge in [-0.3, -0.25) is 33.2 Å². The predicted molar refractivity (Wildman–Crippen MR) is 500 cm³/mol. The Morgan fingerprint density at radius 3 is 1.00 bits per heavy atom. The lowest BCUT2D eigenvalue weighted by Gasteiger charge is -2.62. The van der Waals surface area contributed by atoms with E-state index < -0.39 is 22.4 Å². The Kier molecular flexibility index (Phi) is 25.8. The van der Waals surface area contributed by atoms with E-state index >= 15 is 0 Å². The fraction of sp³-hybridized carbons (Fsp3) is 0.826. The largest absolute Gasteiger partial charge is 0.390 e. The lowest BCUT2D eigenvalue weighted by atomic mass is 9.44. The Bertz CT molecular complexity index is 4700. The van der Waals surface area contributed by atoms with Gasteiger partial charge in [0.2, 0.25) is 0 Å². The van der Waals surface area contributed by atoms with Crippen molar-refractivity contribution in [1.82, 2.24) is 44.3 Å². The van der Waals surface area contributed by atoms with Gasteiger partial charge in [-0.25, -0.2) is 0 Å². The SMILES string of the molecule is COC[C@@]1(O)CC[C@@]2(C)[C@@H](CC[C@@H]3[C@@H]2CC[C@]2(C)[C@@H](C(=O)Cn4cc5ccc(C)cc5n4)CC[C@@H]32)C1.COC[C@@]1(O)CC[C@@]2(C)[C@@H](CC[C@@H]3[C@@H]2CC[C@]2(C)[C@@H](C(=O)Cn4ccc(C)n4)CC[C@@H]32)C1.COC[C@@]1(O)CC[C@@]2(C)[C@@H](CC[C@@H]3[C@@H]2CC[C@]2(C)[C@H](C(=O)Cn4ccc(C)n4)CC[C@@H]32)C1.C[C@@]1(O)CC[C@@]2(C)[C@@H](CC[C@@H]3[C@@H]2CC[C@]2(C)[C@@H](C(=O)Cn4nccn4)CC[C@@H]32)C1. The number of fused-ring (bicyclic) bond motifs is 21. The maximum Gasteiger partial charge on any atom is 0.159 e. The Balaban J connectivity index is 0.000000116. The molecule has 4 N–H and O–H groups in total. The highest BCUT2D eigenvalue weighted by Crippen LogP contribution is 2.74. The highest BCUT2D eigenvalue weighted by atomic mass is 16.5. The van der Waals surface area contributed by atoms with Crippen molar-refractivity contribution >= 4 is 34.0 Å². The first-order valence-electron chi connectivity index (χ1n) is 52.0. The van der Waals surface area contributed by atoms with Gasteiger partial charge in [0.15, 0.2) is 23.1 Å². The Morgan fingerprint density at radius 2 is 0.667 bits per heavy atom.